The summed E-state index contributed by atoms with van der Waals surface area (Å²) >= 11 is 18.2. The van der Waals surface area contributed by atoms with E-state index in [0.717, 1.165) is 11.3 Å². The van der Waals surface area contributed by atoms with E-state index in [2.05, 4.69) is 4.99 Å². The minimum Gasteiger partial charge on any atom is -0.256 e. The Hall–Kier alpha value is -1.02. The number of hydrogen-bond acceptors (Lipinski definition) is 1. The summed E-state index contributed by atoms with van der Waals surface area (Å²) in [4.78, 5) is 4.38. The summed E-state index contributed by atoms with van der Waals surface area (Å²) in [6.45, 7) is 1.92. The van der Waals surface area contributed by atoms with Crippen molar-refractivity contribution in [2.45, 2.75) is 6.92 Å². The van der Waals surface area contributed by atoms with Gasteiger partial charge in [-0.25, -0.2) is 0 Å². The Labute approximate surface area is 121 Å². The van der Waals surface area contributed by atoms with Crippen LogP contribution in [-0.4, -0.2) is 6.21 Å². The molecular weight excluding hydrogens is 289 g/mol. The standard InChI is InChI=1S/C14H10Cl3N/c1-9-11(15)4-3-7-14(9)18-8-10-12(16)5-2-6-13(10)17/h2-8H,1H3. The second-order valence-electron chi connectivity index (χ2n) is 3.78. The molecule has 0 aliphatic carbocycles. The smallest absolute Gasteiger partial charge is 0.0673 e. The van der Waals surface area contributed by atoms with Crippen molar-refractivity contribution in [3.8, 4) is 0 Å². The van der Waals surface area contributed by atoms with Crippen LogP contribution in [0.2, 0.25) is 15.1 Å². The zero-order valence-corrected chi connectivity index (χ0v) is 11.9. The van der Waals surface area contributed by atoms with Crippen LogP contribution in [0.25, 0.3) is 0 Å². The van der Waals surface area contributed by atoms with Gasteiger partial charge in [-0.3, -0.25) is 4.99 Å². The molecule has 92 valence electrons. The highest BCUT2D eigenvalue weighted by atomic mass is 35.5. The summed E-state index contributed by atoms with van der Waals surface area (Å²) in [6, 6.07) is 10.9. The fourth-order valence-electron chi connectivity index (χ4n) is 1.50. The first kappa shape index (κ1) is 13.4. The summed E-state index contributed by atoms with van der Waals surface area (Å²) in [5.41, 5.74) is 2.44. The zero-order valence-electron chi connectivity index (χ0n) is 9.62. The van der Waals surface area contributed by atoms with Crippen LogP contribution in [0, 0.1) is 6.92 Å². The normalized spacial score (nSPS) is 11.1. The molecule has 0 atom stereocenters. The van der Waals surface area contributed by atoms with Crippen molar-refractivity contribution in [2.75, 3.05) is 0 Å². The van der Waals surface area contributed by atoms with Crippen LogP contribution in [0.4, 0.5) is 5.69 Å². The molecule has 0 bridgehead atoms. The molecule has 2 aromatic carbocycles. The molecule has 0 unspecified atom stereocenters. The molecule has 18 heavy (non-hydrogen) atoms. The Morgan fingerprint density at radius 3 is 2.11 bits per heavy atom. The summed E-state index contributed by atoms with van der Waals surface area (Å²) in [5.74, 6) is 0. The van der Waals surface area contributed by atoms with Crippen LogP contribution in [0.15, 0.2) is 41.4 Å². The fourth-order valence-corrected chi connectivity index (χ4v) is 2.17. The van der Waals surface area contributed by atoms with E-state index in [1.54, 1.807) is 24.4 Å². The lowest BCUT2D eigenvalue weighted by atomic mass is 10.2. The van der Waals surface area contributed by atoms with Crippen LogP contribution < -0.4 is 0 Å². The minimum absolute atomic E-state index is 0.575. The van der Waals surface area contributed by atoms with Gasteiger partial charge in [0.2, 0.25) is 0 Å². The predicted molar refractivity (Wildman–Crippen MR) is 79.9 cm³/mol. The maximum Gasteiger partial charge on any atom is 0.0673 e. The molecule has 2 aromatic rings. The third-order valence-corrected chi connectivity index (χ3v) is 3.64. The maximum atomic E-state index is 6.07. The predicted octanol–water partition coefficient (Wildman–Crippen LogP) is 5.71. The Balaban J connectivity index is 2.39. The van der Waals surface area contributed by atoms with Crippen molar-refractivity contribution in [1.82, 2.24) is 0 Å². The number of rotatable bonds is 2. The molecule has 0 aromatic heterocycles. The van der Waals surface area contributed by atoms with Crippen molar-refractivity contribution >= 4 is 46.7 Å². The van der Waals surface area contributed by atoms with Gasteiger partial charge in [-0.15, -0.1) is 0 Å². The Kier molecular flexibility index (Phi) is 4.28. The molecule has 0 heterocycles. The average Bonchev–Trinajstić information content (AvgIpc) is 2.33. The zero-order chi connectivity index (χ0) is 13.1. The van der Waals surface area contributed by atoms with Crippen molar-refractivity contribution < 1.29 is 0 Å². The van der Waals surface area contributed by atoms with Crippen molar-refractivity contribution in [3.63, 3.8) is 0 Å². The monoisotopic (exact) mass is 297 g/mol. The number of benzene rings is 2. The summed E-state index contributed by atoms with van der Waals surface area (Å²) < 4.78 is 0. The van der Waals surface area contributed by atoms with Crippen LogP contribution in [-0.2, 0) is 0 Å². The van der Waals surface area contributed by atoms with Crippen LogP contribution in [0.5, 0.6) is 0 Å². The maximum absolute atomic E-state index is 6.07. The van der Waals surface area contributed by atoms with Crippen LogP contribution >= 0.6 is 34.8 Å². The van der Waals surface area contributed by atoms with Gasteiger partial charge in [0.15, 0.2) is 0 Å². The summed E-state index contributed by atoms with van der Waals surface area (Å²) in [6.07, 6.45) is 1.66. The van der Waals surface area contributed by atoms with Gasteiger partial charge >= 0.3 is 0 Å². The number of halogens is 3. The van der Waals surface area contributed by atoms with Gasteiger partial charge in [0.25, 0.3) is 0 Å². The molecule has 1 nitrogen and oxygen atoms in total. The highest BCUT2D eigenvalue weighted by Crippen LogP contribution is 2.27. The Morgan fingerprint density at radius 1 is 0.889 bits per heavy atom. The first-order chi connectivity index (χ1) is 8.59. The lowest BCUT2D eigenvalue weighted by Crippen LogP contribution is -1.85. The van der Waals surface area contributed by atoms with Crippen molar-refractivity contribution in [3.05, 3.63) is 62.6 Å². The van der Waals surface area contributed by atoms with E-state index in [1.165, 1.54) is 0 Å². The van der Waals surface area contributed by atoms with E-state index in [4.69, 9.17) is 34.8 Å². The first-order valence-corrected chi connectivity index (χ1v) is 6.46. The molecule has 0 fully saturated rings. The van der Waals surface area contributed by atoms with Gasteiger partial charge in [-0.1, -0.05) is 46.9 Å². The molecule has 0 saturated heterocycles. The topological polar surface area (TPSA) is 12.4 Å². The molecule has 0 aliphatic rings. The van der Waals surface area contributed by atoms with Gasteiger partial charge in [-0.2, -0.15) is 0 Å². The summed E-state index contributed by atoms with van der Waals surface area (Å²) in [5, 5.41) is 1.84. The highest BCUT2D eigenvalue weighted by Gasteiger charge is 2.03. The Morgan fingerprint density at radius 2 is 1.44 bits per heavy atom. The van der Waals surface area contributed by atoms with Crippen LogP contribution in [0.1, 0.15) is 11.1 Å². The minimum atomic E-state index is 0.575. The van der Waals surface area contributed by atoms with E-state index < -0.39 is 0 Å². The van der Waals surface area contributed by atoms with E-state index >= 15 is 0 Å². The molecular formula is C14H10Cl3N. The second-order valence-corrected chi connectivity index (χ2v) is 5.00. The lowest BCUT2D eigenvalue weighted by molar-refractivity contribution is 1.40. The second kappa shape index (κ2) is 5.75. The number of hydrogen-bond donors (Lipinski definition) is 0. The largest absolute Gasteiger partial charge is 0.256 e. The third kappa shape index (κ3) is 2.86. The van der Waals surface area contributed by atoms with Gasteiger partial charge in [-0.05, 0) is 36.8 Å². The molecule has 0 amide bonds. The number of nitrogens with zero attached hydrogens (tertiary/aromatic N) is 1. The molecule has 0 spiro atoms. The summed E-state index contributed by atoms with van der Waals surface area (Å²) in [7, 11) is 0. The fraction of sp³-hybridized carbons (Fsp3) is 0.0714. The highest BCUT2D eigenvalue weighted by molar-refractivity contribution is 6.38. The first-order valence-electron chi connectivity index (χ1n) is 5.33. The van der Waals surface area contributed by atoms with Gasteiger partial charge in [0, 0.05) is 16.8 Å². The molecule has 2 rings (SSSR count). The third-order valence-electron chi connectivity index (χ3n) is 2.57. The van der Waals surface area contributed by atoms with Crippen LogP contribution in [0.3, 0.4) is 0 Å². The van der Waals surface area contributed by atoms with E-state index in [0.29, 0.717) is 20.6 Å². The van der Waals surface area contributed by atoms with E-state index in [1.807, 2.05) is 25.1 Å². The SMILES string of the molecule is Cc1c(Cl)cccc1N=Cc1c(Cl)cccc1Cl. The molecule has 4 heteroatoms. The molecule has 0 radical (unpaired) electrons. The van der Waals surface area contributed by atoms with E-state index in [9.17, 15) is 0 Å². The average molecular weight is 299 g/mol. The van der Waals surface area contributed by atoms with Gasteiger partial charge in [0.1, 0.15) is 0 Å². The van der Waals surface area contributed by atoms with E-state index in [-0.39, 0.29) is 0 Å². The molecule has 0 saturated carbocycles. The van der Waals surface area contributed by atoms with Gasteiger partial charge in [0.05, 0.1) is 15.7 Å². The molecule has 0 N–H and O–H groups in total. The Bertz CT molecular complexity index is 586. The molecule has 0 aliphatic heterocycles. The van der Waals surface area contributed by atoms with Crippen molar-refractivity contribution in [1.29, 1.82) is 0 Å². The number of aliphatic imine (C=N–C) groups is 1. The van der Waals surface area contributed by atoms with Gasteiger partial charge < -0.3 is 0 Å². The van der Waals surface area contributed by atoms with Crippen molar-refractivity contribution in [2.24, 2.45) is 4.99 Å². The quantitative estimate of drug-likeness (QED) is 0.630. The lowest BCUT2D eigenvalue weighted by Gasteiger charge is -2.03.